The normalized spacial score (nSPS) is 13.1. The smallest absolute Gasteiger partial charge is 0.306 e. The lowest BCUT2D eigenvalue weighted by atomic mass is 10.0. The number of carbonyl (C=O) groups is 2. The molecule has 0 aromatic heterocycles. The van der Waals surface area contributed by atoms with Crippen molar-refractivity contribution in [3.63, 3.8) is 0 Å². The van der Waals surface area contributed by atoms with E-state index in [-0.39, 0.29) is 24.9 Å². The topological polar surface area (TPSA) is 95.9 Å². The van der Waals surface area contributed by atoms with Gasteiger partial charge >= 0.3 is 5.97 Å². The number of hydrogen-bond donors (Lipinski definition) is 3. The molecule has 3 N–H and O–H groups in total. The van der Waals surface area contributed by atoms with Crippen LogP contribution in [0.15, 0.2) is 0 Å². The van der Waals surface area contributed by atoms with Gasteiger partial charge in [-0.3, -0.25) is 9.59 Å². The van der Waals surface area contributed by atoms with Crippen LogP contribution in [-0.4, -0.2) is 46.9 Å². The van der Waals surface area contributed by atoms with Crippen LogP contribution in [0.25, 0.3) is 0 Å². The van der Waals surface area contributed by atoms with Crippen LogP contribution < -0.4 is 5.32 Å². The quantitative estimate of drug-likeness (QED) is 0.0420. The molecule has 340 valence electrons. The first-order chi connectivity index (χ1) is 28.0. The van der Waals surface area contributed by atoms with Crippen LogP contribution in [0.5, 0.6) is 0 Å². The van der Waals surface area contributed by atoms with Crippen LogP contribution in [0.4, 0.5) is 0 Å². The van der Waals surface area contributed by atoms with Crippen LogP contribution in [0.3, 0.4) is 0 Å². The third kappa shape index (κ3) is 41.4. The average molecular weight is 808 g/mol. The third-order valence-electron chi connectivity index (χ3n) is 12.2. The molecule has 57 heavy (non-hydrogen) atoms. The molecule has 0 rings (SSSR count). The number of rotatable bonds is 47. The highest BCUT2D eigenvalue weighted by molar-refractivity contribution is 5.77. The standard InChI is InChI=1S/C51H101NO5/c1-4-7-10-13-16-18-20-22-24-25-26-28-30-32-35-38-41-44-51(56)57-47(42-39-36-33-15-12-9-6-3)45-50(55)52-48(46-53)49(54)43-40-37-34-31-29-27-23-21-19-17-14-11-8-5-2/h47-49,53-54H,4-46H2,1-3H3,(H,52,55). The van der Waals surface area contributed by atoms with Crippen molar-refractivity contribution < 1.29 is 24.5 Å². The van der Waals surface area contributed by atoms with Gasteiger partial charge in [0.25, 0.3) is 0 Å². The average Bonchev–Trinajstić information content (AvgIpc) is 3.20. The zero-order valence-corrected chi connectivity index (χ0v) is 38.8. The van der Waals surface area contributed by atoms with E-state index in [2.05, 4.69) is 26.1 Å². The van der Waals surface area contributed by atoms with Crippen molar-refractivity contribution in [1.29, 1.82) is 0 Å². The Bertz CT molecular complexity index is 821. The van der Waals surface area contributed by atoms with Crippen molar-refractivity contribution in [3.8, 4) is 0 Å². The van der Waals surface area contributed by atoms with Crippen molar-refractivity contribution >= 4 is 11.9 Å². The molecule has 0 saturated carbocycles. The van der Waals surface area contributed by atoms with Crippen molar-refractivity contribution in [1.82, 2.24) is 5.32 Å². The second-order valence-electron chi connectivity index (χ2n) is 17.9. The second kappa shape index (κ2) is 45.9. The van der Waals surface area contributed by atoms with E-state index in [9.17, 15) is 19.8 Å². The summed E-state index contributed by atoms with van der Waals surface area (Å²) in [6, 6.07) is -0.690. The predicted molar refractivity (Wildman–Crippen MR) is 246 cm³/mol. The predicted octanol–water partition coefficient (Wildman–Crippen LogP) is 15.2. The largest absolute Gasteiger partial charge is 0.462 e. The number of aliphatic hydroxyl groups is 2. The highest BCUT2D eigenvalue weighted by Crippen LogP contribution is 2.19. The van der Waals surface area contributed by atoms with Gasteiger partial charge in [-0.2, -0.15) is 0 Å². The summed E-state index contributed by atoms with van der Waals surface area (Å²) in [5.74, 6) is -0.458. The zero-order valence-electron chi connectivity index (χ0n) is 38.8. The number of esters is 1. The fraction of sp³-hybridized carbons (Fsp3) is 0.961. The van der Waals surface area contributed by atoms with Gasteiger partial charge in [0.15, 0.2) is 0 Å². The summed E-state index contributed by atoms with van der Waals surface area (Å²) in [6.45, 7) is 6.48. The Morgan fingerprint density at radius 3 is 1.07 bits per heavy atom. The molecule has 0 fully saturated rings. The summed E-state index contributed by atoms with van der Waals surface area (Å²) in [5, 5.41) is 23.7. The molecule has 0 aliphatic heterocycles. The number of ether oxygens (including phenoxy) is 1. The van der Waals surface area contributed by atoms with Crippen molar-refractivity contribution in [2.24, 2.45) is 0 Å². The molecule has 0 heterocycles. The van der Waals surface area contributed by atoms with Gasteiger partial charge in [-0.15, -0.1) is 0 Å². The lowest BCUT2D eigenvalue weighted by Crippen LogP contribution is -2.46. The Hall–Kier alpha value is -1.14. The molecule has 6 nitrogen and oxygen atoms in total. The molecule has 0 bridgehead atoms. The summed E-state index contributed by atoms with van der Waals surface area (Å²) in [5.41, 5.74) is 0. The monoisotopic (exact) mass is 808 g/mol. The van der Waals surface area contributed by atoms with E-state index in [0.717, 1.165) is 38.5 Å². The van der Waals surface area contributed by atoms with Gasteiger partial charge in [-0.05, 0) is 25.7 Å². The number of carbonyl (C=O) groups excluding carboxylic acids is 2. The minimum Gasteiger partial charge on any atom is -0.462 e. The summed E-state index contributed by atoms with van der Waals surface area (Å²) in [4.78, 5) is 26.0. The molecule has 0 aliphatic rings. The minimum atomic E-state index is -0.778. The Kier molecular flexibility index (Phi) is 45.0. The highest BCUT2D eigenvalue weighted by Gasteiger charge is 2.24. The fourth-order valence-corrected chi connectivity index (χ4v) is 8.26. The van der Waals surface area contributed by atoms with E-state index < -0.39 is 18.2 Å². The summed E-state index contributed by atoms with van der Waals surface area (Å²) in [6.07, 6.45) is 48.9. The molecule has 0 radical (unpaired) electrons. The minimum absolute atomic E-state index is 0.0860. The van der Waals surface area contributed by atoms with Crippen molar-refractivity contribution in [2.75, 3.05) is 6.61 Å². The number of amides is 1. The van der Waals surface area contributed by atoms with E-state index in [0.29, 0.717) is 19.3 Å². The van der Waals surface area contributed by atoms with Crippen molar-refractivity contribution in [3.05, 3.63) is 0 Å². The third-order valence-corrected chi connectivity index (χ3v) is 12.2. The summed E-state index contributed by atoms with van der Waals surface area (Å²) < 4.78 is 5.90. The first-order valence-corrected chi connectivity index (χ1v) is 25.8. The first kappa shape index (κ1) is 55.9. The van der Waals surface area contributed by atoms with E-state index in [1.807, 2.05) is 0 Å². The number of nitrogens with one attached hydrogen (secondary N) is 1. The fourth-order valence-electron chi connectivity index (χ4n) is 8.26. The van der Waals surface area contributed by atoms with Gasteiger partial charge < -0.3 is 20.3 Å². The number of hydrogen-bond acceptors (Lipinski definition) is 5. The lowest BCUT2D eigenvalue weighted by Gasteiger charge is -2.24. The maximum absolute atomic E-state index is 13.1. The van der Waals surface area contributed by atoms with Gasteiger partial charge in [0, 0.05) is 6.42 Å². The van der Waals surface area contributed by atoms with Crippen LogP contribution in [-0.2, 0) is 14.3 Å². The van der Waals surface area contributed by atoms with E-state index in [1.165, 1.54) is 205 Å². The van der Waals surface area contributed by atoms with Crippen LogP contribution in [0.2, 0.25) is 0 Å². The molecule has 3 atom stereocenters. The Balaban J connectivity index is 4.30. The second-order valence-corrected chi connectivity index (χ2v) is 17.9. The molecule has 0 aromatic carbocycles. The van der Waals surface area contributed by atoms with Gasteiger partial charge in [-0.25, -0.2) is 0 Å². The first-order valence-electron chi connectivity index (χ1n) is 25.8. The molecule has 0 aromatic rings. The van der Waals surface area contributed by atoms with Crippen LogP contribution in [0.1, 0.15) is 290 Å². The SMILES string of the molecule is CCCCCCCCCCCCCCCCCCCC(=O)OC(CCCCCCCCC)CC(=O)NC(CO)C(O)CCCCCCCCCCCCCCCC. The van der Waals surface area contributed by atoms with E-state index in [1.54, 1.807) is 0 Å². The van der Waals surface area contributed by atoms with Crippen molar-refractivity contribution in [2.45, 2.75) is 309 Å². The van der Waals surface area contributed by atoms with Crippen LogP contribution >= 0.6 is 0 Å². The maximum atomic E-state index is 13.1. The Morgan fingerprint density at radius 1 is 0.439 bits per heavy atom. The molecule has 0 saturated heterocycles. The summed E-state index contributed by atoms with van der Waals surface area (Å²) >= 11 is 0. The Morgan fingerprint density at radius 2 is 0.737 bits per heavy atom. The van der Waals surface area contributed by atoms with Gasteiger partial charge in [0.2, 0.25) is 5.91 Å². The van der Waals surface area contributed by atoms with Gasteiger partial charge in [-0.1, -0.05) is 252 Å². The maximum Gasteiger partial charge on any atom is 0.306 e. The molecule has 3 unspecified atom stereocenters. The molecule has 1 amide bonds. The van der Waals surface area contributed by atoms with Gasteiger partial charge in [0.1, 0.15) is 6.10 Å². The van der Waals surface area contributed by atoms with E-state index >= 15 is 0 Å². The molecular formula is C51H101NO5. The van der Waals surface area contributed by atoms with E-state index in [4.69, 9.17) is 4.74 Å². The van der Waals surface area contributed by atoms with Gasteiger partial charge in [0.05, 0.1) is 25.2 Å². The number of aliphatic hydroxyl groups excluding tert-OH is 2. The summed E-state index contributed by atoms with van der Waals surface area (Å²) in [7, 11) is 0. The molecule has 0 aliphatic carbocycles. The van der Waals surface area contributed by atoms with Crippen LogP contribution in [0, 0.1) is 0 Å². The highest BCUT2D eigenvalue weighted by atomic mass is 16.5. The Labute approximate surface area is 356 Å². The molecule has 6 heteroatoms. The molecule has 0 spiro atoms. The molecular weight excluding hydrogens is 707 g/mol. The lowest BCUT2D eigenvalue weighted by molar-refractivity contribution is -0.151. The number of unbranched alkanes of at least 4 members (excludes halogenated alkanes) is 35. The zero-order chi connectivity index (χ0) is 41.7.